The van der Waals surface area contributed by atoms with Crippen LogP contribution in [-0.4, -0.2) is 42.6 Å². The second-order valence-electron chi connectivity index (χ2n) is 6.53. The maximum atomic E-state index is 13.0. The summed E-state index contributed by atoms with van der Waals surface area (Å²) in [6.45, 7) is 4.47. The molecule has 2 atom stereocenters. The molecule has 0 aromatic heterocycles. The first-order valence-electron chi connectivity index (χ1n) is 8.85. The summed E-state index contributed by atoms with van der Waals surface area (Å²) in [5.74, 6) is -0.858. The molecule has 1 saturated carbocycles. The van der Waals surface area contributed by atoms with Crippen molar-refractivity contribution in [3.05, 3.63) is 36.4 Å². The largest absolute Gasteiger partial charge is 0.493 e. The lowest BCUT2D eigenvalue weighted by Gasteiger charge is -2.32. The van der Waals surface area contributed by atoms with E-state index in [2.05, 4.69) is 6.58 Å². The van der Waals surface area contributed by atoms with Gasteiger partial charge in [-0.15, -0.1) is 6.58 Å². The number of carbonyl (C=O) groups is 2. The molecule has 6 nitrogen and oxygen atoms in total. The average Bonchev–Trinajstić information content (AvgIpc) is 2.66. The van der Waals surface area contributed by atoms with Gasteiger partial charge in [0.15, 0.2) is 11.5 Å². The van der Waals surface area contributed by atoms with Crippen LogP contribution in [-0.2, 0) is 16.1 Å². The number of aliphatic carboxylic acids is 1. The molecule has 0 spiro atoms. The molecule has 142 valence electrons. The van der Waals surface area contributed by atoms with E-state index < -0.39 is 17.8 Å². The van der Waals surface area contributed by atoms with Gasteiger partial charge in [0.2, 0.25) is 5.91 Å². The fourth-order valence-corrected chi connectivity index (χ4v) is 3.54. The molecule has 26 heavy (non-hydrogen) atoms. The van der Waals surface area contributed by atoms with E-state index in [1.54, 1.807) is 31.3 Å². The number of carbonyl (C=O) groups excluding carboxylic acids is 1. The molecule has 1 aliphatic carbocycles. The van der Waals surface area contributed by atoms with Crippen molar-refractivity contribution in [2.45, 2.75) is 32.2 Å². The maximum Gasteiger partial charge on any atom is 0.307 e. The molecule has 0 heterocycles. The van der Waals surface area contributed by atoms with E-state index in [-0.39, 0.29) is 5.91 Å². The van der Waals surface area contributed by atoms with Gasteiger partial charge in [0, 0.05) is 13.1 Å². The summed E-state index contributed by atoms with van der Waals surface area (Å²) < 4.78 is 10.6. The Morgan fingerprint density at radius 3 is 2.42 bits per heavy atom. The molecule has 0 bridgehead atoms. The van der Waals surface area contributed by atoms with Crippen molar-refractivity contribution >= 4 is 11.9 Å². The van der Waals surface area contributed by atoms with Gasteiger partial charge >= 0.3 is 5.97 Å². The van der Waals surface area contributed by atoms with Crippen LogP contribution in [0.5, 0.6) is 11.5 Å². The quantitative estimate of drug-likeness (QED) is 0.720. The number of nitrogens with zero attached hydrogens (tertiary/aromatic N) is 1. The van der Waals surface area contributed by atoms with Crippen molar-refractivity contribution in [3.63, 3.8) is 0 Å². The molecule has 1 N–H and O–H groups in total. The SMILES string of the molecule is C=CCN(Cc1ccc(OC)c(OC)c1)C(=O)C1CCCCC1C(=O)O. The molecular weight excluding hydrogens is 334 g/mol. The van der Waals surface area contributed by atoms with Crippen molar-refractivity contribution in [1.29, 1.82) is 0 Å². The molecule has 0 aliphatic heterocycles. The minimum Gasteiger partial charge on any atom is -0.493 e. The summed E-state index contributed by atoms with van der Waals surface area (Å²) in [6.07, 6.45) is 4.59. The minimum atomic E-state index is -0.882. The first-order valence-corrected chi connectivity index (χ1v) is 8.85. The summed E-state index contributed by atoms with van der Waals surface area (Å²) in [5, 5.41) is 9.46. The Balaban J connectivity index is 2.21. The van der Waals surface area contributed by atoms with Crippen LogP contribution in [0.25, 0.3) is 0 Å². The number of hydrogen-bond donors (Lipinski definition) is 1. The number of carboxylic acids is 1. The molecular formula is C20H27NO5. The number of benzene rings is 1. The number of methoxy groups -OCH3 is 2. The van der Waals surface area contributed by atoms with Gasteiger partial charge in [0.25, 0.3) is 0 Å². The van der Waals surface area contributed by atoms with Gasteiger partial charge in [-0.05, 0) is 30.5 Å². The molecule has 1 aromatic rings. The van der Waals surface area contributed by atoms with Gasteiger partial charge in [-0.2, -0.15) is 0 Å². The molecule has 2 unspecified atom stereocenters. The number of rotatable bonds is 8. The Kier molecular flexibility index (Phi) is 7.06. The van der Waals surface area contributed by atoms with Crippen molar-refractivity contribution in [3.8, 4) is 11.5 Å². The fourth-order valence-electron chi connectivity index (χ4n) is 3.54. The highest BCUT2D eigenvalue weighted by molar-refractivity contribution is 5.85. The minimum absolute atomic E-state index is 0.119. The van der Waals surface area contributed by atoms with Crippen molar-refractivity contribution in [2.24, 2.45) is 11.8 Å². The Labute approximate surface area is 154 Å². The summed E-state index contributed by atoms with van der Waals surface area (Å²) in [5.41, 5.74) is 0.889. The third-order valence-electron chi connectivity index (χ3n) is 4.88. The Morgan fingerprint density at radius 1 is 1.19 bits per heavy atom. The molecule has 1 aromatic carbocycles. The van der Waals surface area contributed by atoms with Gasteiger partial charge in [-0.1, -0.05) is 25.0 Å². The third kappa shape index (κ3) is 4.56. The van der Waals surface area contributed by atoms with E-state index in [9.17, 15) is 14.7 Å². The summed E-state index contributed by atoms with van der Waals surface area (Å²) in [6, 6.07) is 5.50. The molecule has 1 amide bonds. The normalized spacial score (nSPS) is 19.5. The third-order valence-corrected chi connectivity index (χ3v) is 4.88. The summed E-state index contributed by atoms with van der Waals surface area (Å²) in [7, 11) is 3.13. The molecule has 0 radical (unpaired) electrons. The highest BCUT2D eigenvalue weighted by atomic mass is 16.5. The number of hydrogen-bond acceptors (Lipinski definition) is 4. The Hall–Kier alpha value is -2.50. The van der Waals surface area contributed by atoms with Crippen LogP contribution in [0.1, 0.15) is 31.2 Å². The average molecular weight is 361 g/mol. The van der Waals surface area contributed by atoms with E-state index in [0.717, 1.165) is 18.4 Å². The van der Waals surface area contributed by atoms with E-state index in [0.29, 0.717) is 37.4 Å². The Morgan fingerprint density at radius 2 is 1.85 bits per heavy atom. The van der Waals surface area contributed by atoms with E-state index in [4.69, 9.17) is 9.47 Å². The zero-order valence-electron chi connectivity index (χ0n) is 15.4. The highest BCUT2D eigenvalue weighted by Gasteiger charge is 2.37. The zero-order valence-corrected chi connectivity index (χ0v) is 15.4. The van der Waals surface area contributed by atoms with Gasteiger partial charge < -0.3 is 19.5 Å². The van der Waals surface area contributed by atoms with Crippen molar-refractivity contribution < 1.29 is 24.2 Å². The van der Waals surface area contributed by atoms with Gasteiger partial charge in [-0.25, -0.2) is 0 Å². The first kappa shape index (κ1) is 19.8. The lowest BCUT2D eigenvalue weighted by atomic mass is 9.78. The number of amides is 1. The molecule has 1 aliphatic rings. The topological polar surface area (TPSA) is 76.1 Å². The number of carboxylic acid groups (broad SMARTS) is 1. The fraction of sp³-hybridized carbons (Fsp3) is 0.500. The highest BCUT2D eigenvalue weighted by Crippen LogP contribution is 2.33. The second-order valence-corrected chi connectivity index (χ2v) is 6.53. The lowest BCUT2D eigenvalue weighted by Crippen LogP contribution is -2.42. The zero-order chi connectivity index (χ0) is 19.1. The standard InChI is InChI=1S/C20H27NO5/c1-4-11-21(13-14-9-10-17(25-2)18(12-14)26-3)19(22)15-7-5-6-8-16(15)20(23)24/h4,9-10,12,15-16H,1,5-8,11,13H2,2-3H3,(H,23,24). The monoisotopic (exact) mass is 361 g/mol. The first-order chi connectivity index (χ1) is 12.5. The van der Waals surface area contributed by atoms with Crippen LogP contribution in [0, 0.1) is 11.8 Å². The van der Waals surface area contributed by atoms with Crippen LogP contribution in [0.3, 0.4) is 0 Å². The maximum absolute atomic E-state index is 13.0. The summed E-state index contributed by atoms with van der Waals surface area (Å²) in [4.78, 5) is 26.3. The Bertz CT molecular complexity index is 658. The van der Waals surface area contributed by atoms with Crippen molar-refractivity contribution in [2.75, 3.05) is 20.8 Å². The molecule has 1 fully saturated rings. The number of ether oxygens (including phenoxy) is 2. The molecule has 2 rings (SSSR count). The predicted molar refractivity (Wildman–Crippen MR) is 98.2 cm³/mol. The van der Waals surface area contributed by atoms with E-state index in [1.807, 2.05) is 12.1 Å². The van der Waals surface area contributed by atoms with Crippen LogP contribution in [0.2, 0.25) is 0 Å². The second kappa shape index (κ2) is 9.27. The van der Waals surface area contributed by atoms with Gasteiger partial charge in [0.1, 0.15) is 0 Å². The van der Waals surface area contributed by atoms with E-state index in [1.165, 1.54) is 0 Å². The van der Waals surface area contributed by atoms with Crippen LogP contribution in [0.15, 0.2) is 30.9 Å². The lowest BCUT2D eigenvalue weighted by molar-refractivity contribution is -0.152. The van der Waals surface area contributed by atoms with Crippen LogP contribution < -0.4 is 9.47 Å². The summed E-state index contributed by atoms with van der Waals surface area (Å²) >= 11 is 0. The van der Waals surface area contributed by atoms with Crippen molar-refractivity contribution in [1.82, 2.24) is 4.90 Å². The predicted octanol–water partition coefficient (Wildman–Crippen LogP) is 3.11. The van der Waals surface area contributed by atoms with Gasteiger partial charge in [0.05, 0.1) is 26.1 Å². The van der Waals surface area contributed by atoms with E-state index >= 15 is 0 Å². The smallest absolute Gasteiger partial charge is 0.307 e. The molecule has 0 saturated heterocycles. The molecule has 6 heteroatoms. The van der Waals surface area contributed by atoms with Crippen LogP contribution in [0.4, 0.5) is 0 Å². The van der Waals surface area contributed by atoms with Crippen LogP contribution >= 0.6 is 0 Å². The van der Waals surface area contributed by atoms with Gasteiger partial charge in [-0.3, -0.25) is 9.59 Å².